The number of urea groups is 1. The number of nitrogens with one attached hydrogen (secondary N) is 3. The molecular formula is C18H14FN3O3. The third kappa shape index (κ3) is 4.44. The molecule has 6 nitrogen and oxygen atoms in total. The molecule has 0 fully saturated rings. The third-order valence-electron chi connectivity index (χ3n) is 3.23. The van der Waals surface area contributed by atoms with Gasteiger partial charge in [0, 0.05) is 17.1 Å². The fourth-order valence-corrected chi connectivity index (χ4v) is 2.10. The molecule has 1 aromatic heterocycles. The van der Waals surface area contributed by atoms with Gasteiger partial charge in [-0.05, 0) is 54.6 Å². The number of carbonyl (C=O) groups is 2. The minimum Gasteiger partial charge on any atom is -0.459 e. The number of halogens is 1. The van der Waals surface area contributed by atoms with Gasteiger partial charge in [0.1, 0.15) is 5.82 Å². The van der Waals surface area contributed by atoms with Crippen molar-refractivity contribution in [1.82, 2.24) is 0 Å². The highest BCUT2D eigenvalue weighted by Gasteiger charge is 2.09. The number of benzene rings is 2. The number of furan rings is 1. The Morgan fingerprint density at radius 1 is 0.800 bits per heavy atom. The average molecular weight is 339 g/mol. The van der Waals surface area contributed by atoms with Crippen LogP contribution in [0.1, 0.15) is 10.6 Å². The average Bonchev–Trinajstić information content (AvgIpc) is 3.12. The number of anilines is 3. The fourth-order valence-electron chi connectivity index (χ4n) is 2.10. The molecule has 0 unspecified atom stereocenters. The molecule has 25 heavy (non-hydrogen) atoms. The maximum atomic E-state index is 12.9. The summed E-state index contributed by atoms with van der Waals surface area (Å²) in [5, 5.41) is 7.88. The summed E-state index contributed by atoms with van der Waals surface area (Å²) in [6.07, 6.45) is 1.41. The Kier molecular flexibility index (Phi) is 4.75. The minimum absolute atomic E-state index is 0.187. The van der Waals surface area contributed by atoms with E-state index in [0.29, 0.717) is 17.1 Å². The summed E-state index contributed by atoms with van der Waals surface area (Å²) in [5.41, 5.74) is 1.44. The molecule has 3 rings (SSSR count). The Labute approximate surface area is 142 Å². The van der Waals surface area contributed by atoms with Crippen molar-refractivity contribution in [2.45, 2.75) is 0 Å². The van der Waals surface area contributed by atoms with Crippen LogP contribution in [0.15, 0.2) is 71.3 Å². The molecule has 0 aliphatic rings. The first-order valence-corrected chi connectivity index (χ1v) is 7.39. The minimum atomic E-state index is -0.485. The van der Waals surface area contributed by atoms with Crippen LogP contribution in [0.4, 0.5) is 26.2 Å². The molecule has 3 N–H and O–H groups in total. The Balaban J connectivity index is 1.62. The van der Waals surface area contributed by atoms with Gasteiger partial charge in [0.15, 0.2) is 5.76 Å². The van der Waals surface area contributed by atoms with Crippen LogP contribution in [-0.4, -0.2) is 11.9 Å². The van der Waals surface area contributed by atoms with Gasteiger partial charge in [-0.1, -0.05) is 6.07 Å². The molecule has 1 heterocycles. The van der Waals surface area contributed by atoms with Gasteiger partial charge in [-0.25, -0.2) is 9.18 Å². The van der Waals surface area contributed by atoms with Crippen molar-refractivity contribution in [3.8, 4) is 0 Å². The SMILES string of the molecule is O=C(Nc1ccc(F)cc1)Nc1cccc(NC(=O)c2ccco2)c1. The van der Waals surface area contributed by atoms with Crippen LogP contribution in [0.3, 0.4) is 0 Å². The molecule has 3 aromatic rings. The molecule has 126 valence electrons. The number of hydrogen-bond acceptors (Lipinski definition) is 3. The van der Waals surface area contributed by atoms with E-state index in [-0.39, 0.29) is 11.6 Å². The summed E-state index contributed by atoms with van der Waals surface area (Å²) in [5.74, 6) is -0.587. The lowest BCUT2D eigenvalue weighted by Gasteiger charge is -2.09. The highest BCUT2D eigenvalue weighted by Crippen LogP contribution is 2.17. The lowest BCUT2D eigenvalue weighted by molar-refractivity contribution is 0.0996. The second-order valence-electron chi connectivity index (χ2n) is 5.10. The monoisotopic (exact) mass is 339 g/mol. The summed E-state index contributed by atoms with van der Waals surface area (Å²) in [4.78, 5) is 23.9. The summed E-state index contributed by atoms with van der Waals surface area (Å²) >= 11 is 0. The standard InChI is InChI=1S/C18H14FN3O3/c19-12-6-8-13(9-7-12)21-18(24)22-15-4-1-3-14(11-15)20-17(23)16-5-2-10-25-16/h1-11H,(H,20,23)(H2,21,22,24). The Hall–Kier alpha value is -3.61. The van der Waals surface area contributed by atoms with Gasteiger partial charge < -0.3 is 20.4 Å². The van der Waals surface area contributed by atoms with E-state index in [4.69, 9.17) is 4.42 Å². The molecule has 0 spiro atoms. The lowest BCUT2D eigenvalue weighted by atomic mass is 10.2. The largest absolute Gasteiger partial charge is 0.459 e. The summed E-state index contributed by atoms with van der Waals surface area (Å²) in [6.45, 7) is 0. The van der Waals surface area contributed by atoms with Crippen molar-refractivity contribution in [2.75, 3.05) is 16.0 Å². The summed E-state index contributed by atoms with van der Waals surface area (Å²) < 4.78 is 17.9. The smallest absolute Gasteiger partial charge is 0.323 e. The number of carbonyl (C=O) groups excluding carboxylic acids is 2. The molecule has 2 aromatic carbocycles. The normalized spacial score (nSPS) is 10.1. The first-order valence-electron chi connectivity index (χ1n) is 7.39. The number of amides is 3. The van der Waals surface area contributed by atoms with E-state index in [1.165, 1.54) is 30.5 Å². The van der Waals surface area contributed by atoms with Gasteiger partial charge in [0.05, 0.1) is 6.26 Å². The predicted molar refractivity (Wildman–Crippen MR) is 92.1 cm³/mol. The first kappa shape index (κ1) is 16.3. The fraction of sp³-hybridized carbons (Fsp3) is 0. The molecule has 0 aliphatic heterocycles. The van der Waals surface area contributed by atoms with E-state index >= 15 is 0 Å². The highest BCUT2D eigenvalue weighted by atomic mass is 19.1. The van der Waals surface area contributed by atoms with Crippen LogP contribution in [0.25, 0.3) is 0 Å². The molecular weight excluding hydrogens is 325 g/mol. The van der Waals surface area contributed by atoms with Gasteiger partial charge >= 0.3 is 6.03 Å². The number of hydrogen-bond donors (Lipinski definition) is 3. The van der Waals surface area contributed by atoms with E-state index in [1.807, 2.05) is 0 Å². The second-order valence-corrected chi connectivity index (χ2v) is 5.10. The topological polar surface area (TPSA) is 83.4 Å². The van der Waals surface area contributed by atoms with Gasteiger partial charge in [0.2, 0.25) is 0 Å². The van der Waals surface area contributed by atoms with Gasteiger partial charge in [-0.15, -0.1) is 0 Å². The number of rotatable bonds is 4. The predicted octanol–water partition coefficient (Wildman–Crippen LogP) is 4.32. The lowest BCUT2D eigenvalue weighted by Crippen LogP contribution is -2.19. The van der Waals surface area contributed by atoms with Crippen LogP contribution < -0.4 is 16.0 Å². The molecule has 0 radical (unpaired) electrons. The third-order valence-corrected chi connectivity index (χ3v) is 3.23. The van der Waals surface area contributed by atoms with E-state index < -0.39 is 11.9 Å². The van der Waals surface area contributed by atoms with Crippen LogP contribution in [0, 0.1) is 5.82 Å². The first-order chi connectivity index (χ1) is 12.1. The van der Waals surface area contributed by atoms with E-state index in [0.717, 1.165) is 0 Å². The van der Waals surface area contributed by atoms with Crippen molar-refractivity contribution in [1.29, 1.82) is 0 Å². The van der Waals surface area contributed by atoms with Crippen molar-refractivity contribution in [3.05, 3.63) is 78.5 Å². The van der Waals surface area contributed by atoms with Gasteiger partial charge in [-0.3, -0.25) is 4.79 Å². The Morgan fingerprint density at radius 3 is 2.16 bits per heavy atom. The van der Waals surface area contributed by atoms with E-state index in [2.05, 4.69) is 16.0 Å². The molecule has 0 atom stereocenters. The molecule has 0 saturated carbocycles. The van der Waals surface area contributed by atoms with Crippen LogP contribution >= 0.6 is 0 Å². The maximum Gasteiger partial charge on any atom is 0.323 e. The zero-order valence-corrected chi connectivity index (χ0v) is 13.0. The Morgan fingerprint density at radius 2 is 1.48 bits per heavy atom. The van der Waals surface area contributed by atoms with Gasteiger partial charge in [0.25, 0.3) is 5.91 Å². The van der Waals surface area contributed by atoms with Crippen LogP contribution in [0.2, 0.25) is 0 Å². The maximum absolute atomic E-state index is 12.9. The molecule has 0 saturated heterocycles. The highest BCUT2D eigenvalue weighted by molar-refractivity contribution is 6.03. The van der Waals surface area contributed by atoms with E-state index in [9.17, 15) is 14.0 Å². The van der Waals surface area contributed by atoms with Gasteiger partial charge in [-0.2, -0.15) is 0 Å². The second kappa shape index (κ2) is 7.31. The van der Waals surface area contributed by atoms with Crippen molar-refractivity contribution < 1.29 is 18.4 Å². The molecule has 0 bridgehead atoms. The van der Waals surface area contributed by atoms with Crippen molar-refractivity contribution in [3.63, 3.8) is 0 Å². The van der Waals surface area contributed by atoms with E-state index in [1.54, 1.807) is 36.4 Å². The zero-order valence-electron chi connectivity index (χ0n) is 13.0. The molecule has 3 amide bonds. The van der Waals surface area contributed by atoms with Crippen LogP contribution in [-0.2, 0) is 0 Å². The molecule has 0 aliphatic carbocycles. The van der Waals surface area contributed by atoms with Crippen LogP contribution in [0.5, 0.6) is 0 Å². The Bertz CT molecular complexity index is 877. The van der Waals surface area contributed by atoms with Crippen molar-refractivity contribution >= 4 is 29.0 Å². The summed E-state index contributed by atoms with van der Waals surface area (Å²) in [6, 6.07) is 14.7. The molecule has 7 heteroatoms. The quantitative estimate of drug-likeness (QED) is 0.662. The summed E-state index contributed by atoms with van der Waals surface area (Å²) in [7, 11) is 0. The van der Waals surface area contributed by atoms with Crippen molar-refractivity contribution in [2.24, 2.45) is 0 Å². The zero-order chi connectivity index (χ0) is 17.6.